The summed E-state index contributed by atoms with van der Waals surface area (Å²) in [6.07, 6.45) is 1.28. The molecule has 0 saturated carbocycles. The largest absolute Gasteiger partial charge is 0.487 e. The fourth-order valence-electron chi connectivity index (χ4n) is 1.73. The van der Waals surface area contributed by atoms with Crippen LogP contribution in [0.5, 0.6) is 17.4 Å². The van der Waals surface area contributed by atoms with Gasteiger partial charge in [-0.2, -0.15) is 0 Å². The van der Waals surface area contributed by atoms with Gasteiger partial charge >= 0.3 is 0 Å². The number of hydrogen-bond donors (Lipinski definition) is 1. The summed E-state index contributed by atoms with van der Waals surface area (Å²) in [7, 11) is 1.40. The minimum Gasteiger partial charge on any atom is -0.487 e. The van der Waals surface area contributed by atoms with E-state index in [4.69, 9.17) is 9.47 Å². The molecule has 0 unspecified atom stereocenters. The molecule has 0 amide bonds. The van der Waals surface area contributed by atoms with E-state index in [9.17, 15) is 4.79 Å². The van der Waals surface area contributed by atoms with E-state index in [1.807, 2.05) is 32.0 Å². The lowest BCUT2D eigenvalue weighted by molar-refractivity contribution is 0.363. The van der Waals surface area contributed by atoms with Gasteiger partial charge in [0.2, 0.25) is 5.75 Å². The maximum Gasteiger partial charge on any atom is 0.297 e. The van der Waals surface area contributed by atoms with Crippen LogP contribution < -0.4 is 15.0 Å². The second-order valence-electron chi connectivity index (χ2n) is 4.00. The van der Waals surface area contributed by atoms with Crippen molar-refractivity contribution < 1.29 is 9.47 Å². The molecular formula is C13H14N2O3. The number of benzene rings is 1. The number of aryl methyl sites for hydroxylation is 2. The Labute approximate surface area is 104 Å². The highest BCUT2D eigenvalue weighted by molar-refractivity contribution is 5.38. The lowest BCUT2D eigenvalue weighted by Crippen LogP contribution is -2.10. The number of methoxy groups -OCH3 is 1. The first-order chi connectivity index (χ1) is 8.60. The van der Waals surface area contributed by atoms with Gasteiger partial charge in [-0.15, -0.1) is 0 Å². The first kappa shape index (κ1) is 12.2. The Balaban J connectivity index is 2.40. The van der Waals surface area contributed by atoms with Crippen LogP contribution in [0.25, 0.3) is 0 Å². The van der Waals surface area contributed by atoms with Crippen molar-refractivity contribution in [3.8, 4) is 17.4 Å². The van der Waals surface area contributed by atoms with E-state index in [1.165, 1.54) is 13.4 Å². The van der Waals surface area contributed by atoms with Crippen molar-refractivity contribution in [1.82, 2.24) is 9.97 Å². The Kier molecular flexibility index (Phi) is 3.32. The summed E-state index contributed by atoms with van der Waals surface area (Å²) >= 11 is 0. The molecule has 2 rings (SSSR count). The van der Waals surface area contributed by atoms with E-state index < -0.39 is 0 Å². The van der Waals surface area contributed by atoms with Gasteiger partial charge < -0.3 is 14.5 Å². The van der Waals surface area contributed by atoms with Gasteiger partial charge in [0.15, 0.2) is 0 Å². The van der Waals surface area contributed by atoms with Crippen LogP contribution in [-0.4, -0.2) is 17.1 Å². The number of aromatic amines is 1. The Bertz CT molecular complexity index is 600. The predicted molar refractivity (Wildman–Crippen MR) is 67.4 cm³/mol. The smallest absolute Gasteiger partial charge is 0.297 e. The SMILES string of the molecule is COc1c(Oc2cc(C)cc(C)c2)nc[nH]c1=O. The summed E-state index contributed by atoms with van der Waals surface area (Å²) in [5.41, 5.74) is 1.79. The molecule has 1 aromatic heterocycles. The number of nitrogens with zero attached hydrogens (tertiary/aromatic N) is 1. The molecule has 0 fully saturated rings. The Morgan fingerprint density at radius 2 is 1.83 bits per heavy atom. The second-order valence-corrected chi connectivity index (χ2v) is 4.00. The van der Waals surface area contributed by atoms with Gasteiger partial charge in [0, 0.05) is 0 Å². The van der Waals surface area contributed by atoms with Gasteiger partial charge in [-0.3, -0.25) is 4.79 Å². The van der Waals surface area contributed by atoms with Gasteiger partial charge in [-0.05, 0) is 37.1 Å². The summed E-state index contributed by atoms with van der Waals surface area (Å²) in [6.45, 7) is 3.95. The molecule has 0 aliphatic heterocycles. The van der Waals surface area contributed by atoms with Crippen molar-refractivity contribution in [2.24, 2.45) is 0 Å². The maximum absolute atomic E-state index is 11.5. The lowest BCUT2D eigenvalue weighted by Gasteiger charge is -2.09. The molecule has 1 aromatic carbocycles. The number of rotatable bonds is 3. The summed E-state index contributed by atoms with van der Waals surface area (Å²) in [5, 5.41) is 0. The van der Waals surface area contributed by atoms with Crippen LogP contribution in [0.4, 0.5) is 0 Å². The highest BCUT2D eigenvalue weighted by Gasteiger charge is 2.11. The van der Waals surface area contributed by atoms with E-state index in [2.05, 4.69) is 9.97 Å². The standard InChI is InChI=1S/C13H14N2O3/c1-8-4-9(2)6-10(5-8)18-13-11(17-3)12(16)14-7-15-13/h4-7H,1-3H3,(H,14,15,16). The summed E-state index contributed by atoms with van der Waals surface area (Å²) in [6, 6.07) is 5.78. The van der Waals surface area contributed by atoms with Gasteiger partial charge in [0.05, 0.1) is 13.4 Å². The van der Waals surface area contributed by atoms with Crippen LogP contribution in [-0.2, 0) is 0 Å². The van der Waals surface area contributed by atoms with E-state index in [0.717, 1.165) is 11.1 Å². The van der Waals surface area contributed by atoms with E-state index in [0.29, 0.717) is 5.75 Å². The summed E-state index contributed by atoms with van der Waals surface area (Å²) in [5.74, 6) is 0.854. The van der Waals surface area contributed by atoms with Gasteiger partial charge in [0.25, 0.3) is 11.4 Å². The molecule has 1 heterocycles. The van der Waals surface area contributed by atoms with Crippen LogP contribution in [0, 0.1) is 13.8 Å². The topological polar surface area (TPSA) is 64.2 Å². The fourth-order valence-corrected chi connectivity index (χ4v) is 1.73. The van der Waals surface area contributed by atoms with Gasteiger partial charge in [-0.1, -0.05) is 6.07 Å². The third-order valence-electron chi connectivity index (χ3n) is 2.39. The highest BCUT2D eigenvalue weighted by Crippen LogP contribution is 2.26. The van der Waals surface area contributed by atoms with Crippen LogP contribution in [0.1, 0.15) is 11.1 Å². The van der Waals surface area contributed by atoms with E-state index >= 15 is 0 Å². The van der Waals surface area contributed by atoms with Crippen LogP contribution in [0.3, 0.4) is 0 Å². The van der Waals surface area contributed by atoms with Crippen LogP contribution in [0.15, 0.2) is 29.3 Å². The zero-order chi connectivity index (χ0) is 13.1. The number of aromatic nitrogens is 2. The highest BCUT2D eigenvalue weighted by atomic mass is 16.5. The van der Waals surface area contributed by atoms with Crippen molar-refractivity contribution in [2.75, 3.05) is 7.11 Å². The minimum atomic E-state index is -0.369. The lowest BCUT2D eigenvalue weighted by atomic mass is 10.1. The molecule has 2 aromatic rings. The maximum atomic E-state index is 11.5. The summed E-state index contributed by atoms with van der Waals surface area (Å²) < 4.78 is 10.6. The first-order valence-corrected chi connectivity index (χ1v) is 5.48. The molecule has 1 N–H and O–H groups in total. The number of H-pyrrole nitrogens is 1. The van der Waals surface area contributed by atoms with E-state index in [-0.39, 0.29) is 17.2 Å². The Hall–Kier alpha value is -2.30. The molecule has 0 bridgehead atoms. The molecule has 5 nitrogen and oxygen atoms in total. The average Bonchev–Trinajstić information content (AvgIpc) is 2.27. The molecule has 18 heavy (non-hydrogen) atoms. The van der Waals surface area contributed by atoms with Gasteiger partial charge in [-0.25, -0.2) is 4.98 Å². The van der Waals surface area contributed by atoms with Crippen molar-refractivity contribution in [1.29, 1.82) is 0 Å². The molecule has 5 heteroatoms. The number of hydrogen-bond acceptors (Lipinski definition) is 4. The fraction of sp³-hybridized carbons (Fsp3) is 0.231. The first-order valence-electron chi connectivity index (χ1n) is 5.48. The Morgan fingerprint density at radius 1 is 1.17 bits per heavy atom. The molecule has 0 saturated heterocycles. The van der Waals surface area contributed by atoms with Crippen LogP contribution in [0.2, 0.25) is 0 Å². The van der Waals surface area contributed by atoms with Gasteiger partial charge in [0.1, 0.15) is 5.75 Å². The van der Waals surface area contributed by atoms with Crippen molar-refractivity contribution >= 4 is 0 Å². The molecule has 94 valence electrons. The molecule has 0 aliphatic rings. The molecule has 0 spiro atoms. The molecular weight excluding hydrogens is 232 g/mol. The third-order valence-corrected chi connectivity index (χ3v) is 2.39. The Morgan fingerprint density at radius 3 is 2.44 bits per heavy atom. The third kappa shape index (κ3) is 2.51. The van der Waals surface area contributed by atoms with E-state index in [1.54, 1.807) is 0 Å². The van der Waals surface area contributed by atoms with Crippen molar-refractivity contribution in [3.63, 3.8) is 0 Å². The molecule has 0 aliphatic carbocycles. The zero-order valence-corrected chi connectivity index (χ0v) is 10.5. The minimum absolute atomic E-state index is 0.0664. The monoisotopic (exact) mass is 246 g/mol. The number of nitrogens with one attached hydrogen (secondary N) is 1. The second kappa shape index (κ2) is 4.91. The molecule has 0 radical (unpaired) electrons. The average molecular weight is 246 g/mol. The predicted octanol–water partition coefficient (Wildman–Crippen LogP) is 2.19. The van der Waals surface area contributed by atoms with Crippen molar-refractivity contribution in [3.05, 3.63) is 46.0 Å². The molecule has 0 atom stereocenters. The summed E-state index contributed by atoms with van der Waals surface area (Å²) in [4.78, 5) is 17.9. The van der Waals surface area contributed by atoms with Crippen LogP contribution >= 0.6 is 0 Å². The quantitative estimate of drug-likeness (QED) is 0.901. The van der Waals surface area contributed by atoms with Crippen molar-refractivity contribution in [2.45, 2.75) is 13.8 Å². The normalized spacial score (nSPS) is 10.2. The number of ether oxygens (including phenoxy) is 2. The zero-order valence-electron chi connectivity index (χ0n) is 10.5.